The smallest absolute Gasteiger partial charge is 0.221 e. The molecule has 0 spiro atoms. The van der Waals surface area contributed by atoms with Gasteiger partial charge in [0, 0.05) is 24.1 Å². The van der Waals surface area contributed by atoms with Crippen molar-refractivity contribution >= 4 is 11.6 Å². The summed E-state index contributed by atoms with van der Waals surface area (Å²) in [4.78, 5) is 15.6. The van der Waals surface area contributed by atoms with Crippen molar-refractivity contribution in [2.24, 2.45) is 0 Å². The summed E-state index contributed by atoms with van der Waals surface area (Å²) in [6, 6.07) is 5.75. The number of nitrogens with one attached hydrogen (secondary N) is 2. The first-order chi connectivity index (χ1) is 9.13. The van der Waals surface area contributed by atoms with Gasteiger partial charge in [0.05, 0.1) is 0 Å². The second-order valence-electron chi connectivity index (χ2n) is 5.03. The first-order valence-corrected chi connectivity index (χ1v) is 6.44. The summed E-state index contributed by atoms with van der Waals surface area (Å²) >= 11 is 0. The molecule has 5 nitrogen and oxygen atoms in total. The van der Waals surface area contributed by atoms with Crippen LogP contribution < -0.4 is 5.32 Å². The molecular weight excluding hydrogens is 240 g/mol. The fraction of sp³-hybridized carbons (Fsp3) is 0.357. The number of hydrogen-bond donors (Lipinski definition) is 2. The summed E-state index contributed by atoms with van der Waals surface area (Å²) in [6.07, 6.45) is 2.41. The lowest BCUT2D eigenvalue weighted by Crippen LogP contribution is -2.05. The Labute approximate surface area is 111 Å². The molecule has 0 aliphatic heterocycles. The monoisotopic (exact) mass is 256 g/mol. The van der Waals surface area contributed by atoms with Crippen molar-refractivity contribution in [1.29, 1.82) is 0 Å². The van der Waals surface area contributed by atoms with Crippen molar-refractivity contribution in [3.8, 4) is 11.4 Å². The molecule has 5 heteroatoms. The molecule has 0 radical (unpaired) electrons. The van der Waals surface area contributed by atoms with Gasteiger partial charge in [0.15, 0.2) is 5.82 Å². The summed E-state index contributed by atoms with van der Waals surface area (Å²) in [7, 11) is 0. The van der Waals surface area contributed by atoms with Crippen LogP contribution in [0.15, 0.2) is 18.2 Å². The van der Waals surface area contributed by atoms with E-state index in [-0.39, 0.29) is 5.91 Å². The lowest BCUT2D eigenvalue weighted by molar-refractivity contribution is -0.114. The molecule has 1 saturated carbocycles. The highest BCUT2D eigenvalue weighted by atomic mass is 16.1. The van der Waals surface area contributed by atoms with Gasteiger partial charge in [-0.1, -0.05) is 0 Å². The van der Waals surface area contributed by atoms with Gasteiger partial charge in [-0.05, 0) is 43.5 Å². The van der Waals surface area contributed by atoms with Gasteiger partial charge in [0.25, 0.3) is 0 Å². The standard InChI is InChI=1S/C14H16N4O/c1-8-7-11(15-9(2)19)5-6-12(8)14-16-13(17-18-14)10-3-4-10/h5-7,10H,3-4H2,1-2H3,(H,15,19)(H,16,17,18). The number of anilines is 1. The molecule has 0 atom stereocenters. The van der Waals surface area contributed by atoms with Crippen LogP contribution in [-0.2, 0) is 4.79 Å². The van der Waals surface area contributed by atoms with Crippen molar-refractivity contribution < 1.29 is 4.79 Å². The normalized spacial score (nSPS) is 14.4. The Kier molecular flexibility index (Phi) is 2.81. The van der Waals surface area contributed by atoms with Crippen molar-refractivity contribution in [2.45, 2.75) is 32.6 Å². The van der Waals surface area contributed by atoms with Gasteiger partial charge in [-0.15, -0.1) is 0 Å². The van der Waals surface area contributed by atoms with Crippen molar-refractivity contribution in [3.63, 3.8) is 0 Å². The molecule has 1 heterocycles. The van der Waals surface area contributed by atoms with Crippen LogP contribution in [0.2, 0.25) is 0 Å². The highest BCUT2D eigenvalue weighted by Gasteiger charge is 2.27. The number of H-pyrrole nitrogens is 1. The average molecular weight is 256 g/mol. The van der Waals surface area contributed by atoms with Gasteiger partial charge in [-0.25, -0.2) is 4.98 Å². The number of benzene rings is 1. The van der Waals surface area contributed by atoms with E-state index in [1.165, 1.54) is 19.8 Å². The van der Waals surface area contributed by atoms with Crippen molar-refractivity contribution in [2.75, 3.05) is 5.32 Å². The predicted molar refractivity (Wildman–Crippen MR) is 72.8 cm³/mol. The number of carbonyl (C=O) groups excluding carboxylic acids is 1. The highest BCUT2D eigenvalue weighted by molar-refractivity contribution is 5.89. The lowest BCUT2D eigenvalue weighted by atomic mass is 10.1. The minimum atomic E-state index is -0.0685. The summed E-state index contributed by atoms with van der Waals surface area (Å²) in [5.74, 6) is 2.22. The molecule has 1 fully saturated rings. The number of amides is 1. The third-order valence-electron chi connectivity index (χ3n) is 3.25. The maximum atomic E-state index is 11.0. The van der Waals surface area contributed by atoms with Gasteiger partial charge in [0.2, 0.25) is 5.91 Å². The van der Waals surface area contributed by atoms with E-state index >= 15 is 0 Å². The van der Waals surface area contributed by atoms with Crippen LogP contribution in [-0.4, -0.2) is 21.1 Å². The summed E-state index contributed by atoms with van der Waals surface area (Å²) in [5.41, 5.74) is 2.84. The summed E-state index contributed by atoms with van der Waals surface area (Å²) in [5, 5.41) is 10.1. The molecule has 0 unspecified atom stereocenters. The zero-order chi connectivity index (χ0) is 13.4. The number of aromatic nitrogens is 3. The van der Waals surface area contributed by atoms with Gasteiger partial charge in [0.1, 0.15) is 5.82 Å². The molecule has 0 bridgehead atoms. The maximum absolute atomic E-state index is 11.0. The number of rotatable bonds is 3. The quantitative estimate of drug-likeness (QED) is 0.886. The molecule has 3 rings (SSSR count). The molecule has 2 aromatic rings. The van der Waals surface area contributed by atoms with Crippen LogP contribution in [0.1, 0.15) is 37.1 Å². The second-order valence-corrected chi connectivity index (χ2v) is 5.03. The van der Waals surface area contributed by atoms with Crippen LogP contribution in [0.25, 0.3) is 11.4 Å². The van der Waals surface area contributed by atoms with Crippen LogP contribution >= 0.6 is 0 Å². The molecule has 1 aliphatic rings. The largest absolute Gasteiger partial charge is 0.326 e. The Bertz CT molecular complexity index is 628. The van der Waals surface area contributed by atoms with Gasteiger partial charge in [-0.3, -0.25) is 9.89 Å². The molecule has 1 aromatic heterocycles. The first-order valence-electron chi connectivity index (χ1n) is 6.44. The SMILES string of the molecule is CC(=O)Nc1ccc(-c2n[nH]c(C3CC3)n2)c(C)c1. The molecule has 1 aromatic carbocycles. The predicted octanol–water partition coefficient (Wildman–Crippen LogP) is 2.62. The maximum Gasteiger partial charge on any atom is 0.221 e. The van der Waals surface area contributed by atoms with Crippen LogP contribution in [0.5, 0.6) is 0 Å². The number of aromatic amines is 1. The Morgan fingerprint density at radius 3 is 2.84 bits per heavy atom. The van der Waals surface area contributed by atoms with E-state index in [9.17, 15) is 4.79 Å². The lowest BCUT2D eigenvalue weighted by Gasteiger charge is -2.06. The Hall–Kier alpha value is -2.17. The van der Waals surface area contributed by atoms with E-state index in [1.807, 2.05) is 25.1 Å². The zero-order valence-corrected chi connectivity index (χ0v) is 11.0. The Morgan fingerprint density at radius 2 is 2.21 bits per heavy atom. The van der Waals surface area contributed by atoms with Crippen molar-refractivity contribution in [3.05, 3.63) is 29.6 Å². The molecule has 0 saturated heterocycles. The van der Waals surface area contributed by atoms with E-state index in [0.717, 1.165) is 28.5 Å². The van der Waals surface area contributed by atoms with Gasteiger partial charge >= 0.3 is 0 Å². The molecule has 1 aliphatic carbocycles. The number of hydrogen-bond acceptors (Lipinski definition) is 3. The first kappa shape index (κ1) is 11.9. The van der Waals surface area contributed by atoms with E-state index in [2.05, 4.69) is 20.5 Å². The zero-order valence-electron chi connectivity index (χ0n) is 11.0. The third-order valence-corrected chi connectivity index (χ3v) is 3.25. The minimum Gasteiger partial charge on any atom is -0.326 e. The molecular formula is C14H16N4O. The molecule has 19 heavy (non-hydrogen) atoms. The number of aryl methyl sites for hydroxylation is 1. The van der Waals surface area contributed by atoms with Gasteiger partial charge < -0.3 is 5.32 Å². The van der Waals surface area contributed by atoms with E-state index in [0.29, 0.717) is 5.92 Å². The summed E-state index contributed by atoms with van der Waals surface area (Å²) in [6.45, 7) is 3.49. The molecule has 98 valence electrons. The fourth-order valence-corrected chi connectivity index (χ4v) is 2.13. The van der Waals surface area contributed by atoms with E-state index in [1.54, 1.807) is 0 Å². The fourth-order valence-electron chi connectivity index (χ4n) is 2.13. The highest BCUT2D eigenvalue weighted by Crippen LogP contribution is 2.38. The molecule has 1 amide bonds. The van der Waals surface area contributed by atoms with Crippen molar-refractivity contribution in [1.82, 2.24) is 15.2 Å². The van der Waals surface area contributed by atoms with Crippen LogP contribution in [0.4, 0.5) is 5.69 Å². The minimum absolute atomic E-state index is 0.0685. The second kappa shape index (κ2) is 4.50. The number of carbonyl (C=O) groups is 1. The third kappa shape index (κ3) is 2.50. The van der Waals surface area contributed by atoms with Crippen LogP contribution in [0.3, 0.4) is 0 Å². The Morgan fingerprint density at radius 1 is 1.42 bits per heavy atom. The number of nitrogens with zero attached hydrogens (tertiary/aromatic N) is 2. The average Bonchev–Trinajstić information content (AvgIpc) is 3.08. The summed E-state index contributed by atoms with van der Waals surface area (Å²) < 4.78 is 0. The van der Waals surface area contributed by atoms with Crippen LogP contribution in [0, 0.1) is 6.92 Å². The van der Waals surface area contributed by atoms with E-state index < -0.39 is 0 Å². The van der Waals surface area contributed by atoms with E-state index in [4.69, 9.17) is 0 Å². The van der Waals surface area contributed by atoms with Gasteiger partial charge in [-0.2, -0.15) is 5.10 Å². The molecule has 2 N–H and O–H groups in total. The topological polar surface area (TPSA) is 70.7 Å². The Balaban J connectivity index is 1.88.